The Balaban J connectivity index is 1.55. The molecular formula is C31H43N3O8. The second-order valence-electron chi connectivity index (χ2n) is 10.7. The lowest BCUT2D eigenvalue weighted by molar-refractivity contribution is -0.137. The largest absolute Gasteiger partial charge is 0.379 e. The van der Waals surface area contributed by atoms with Crippen LogP contribution in [0.25, 0.3) is 0 Å². The van der Waals surface area contributed by atoms with Gasteiger partial charge in [-0.3, -0.25) is 33.7 Å². The first-order valence-corrected chi connectivity index (χ1v) is 14.4. The summed E-state index contributed by atoms with van der Waals surface area (Å²) in [6.45, 7) is 8.53. The number of ketones is 2. The molecule has 1 aromatic rings. The third-order valence-corrected chi connectivity index (χ3v) is 6.82. The summed E-state index contributed by atoms with van der Waals surface area (Å²) in [5.41, 5.74) is 1.71. The number of carbonyl (C=O) groups is 6. The summed E-state index contributed by atoms with van der Waals surface area (Å²) in [4.78, 5) is 73.8. The third-order valence-electron chi connectivity index (χ3n) is 6.82. The summed E-state index contributed by atoms with van der Waals surface area (Å²) >= 11 is 0. The van der Waals surface area contributed by atoms with Crippen molar-refractivity contribution in [2.75, 3.05) is 38.3 Å². The summed E-state index contributed by atoms with van der Waals surface area (Å²) in [7, 11) is 0. The average molecular weight is 586 g/mol. The molecule has 11 heteroatoms. The first-order valence-electron chi connectivity index (χ1n) is 14.4. The molecule has 2 N–H and O–H groups in total. The minimum Gasteiger partial charge on any atom is -0.379 e. The second kappa shape index (κ2) is 18.0. The van der Waals surface area contributed by atoms with Crippen LogP contribution in [0.2, 0.25) is 0 Å². The lowest BCUT2D eigenvalue weighted by atomic mass is 9.89. The van der Waals surface area contributed by atoms with Crippen molar-refractivity contribution in [1.82, 2.24) is 10.2 Å². The Hall–Kier alpha value is -3.70. The molecule has 0 fully saturated rings. The molecule has 0 aliphatic carbocycles. The van der Waals surface area contributed by atoms with E-state index in [4.69, 9.17) is 9.47 Å². The minimum absolute atomic E-state index is 0.0470. The maximum Gasteiger partial charge on any atom is 0.253 e. The molecule has 1 aliphatic heterocycles. The smallest absolute Gasteiger partial charge is 0.253 e. The number of anilines is 1. The quantitative estimate of drug-likeness (QED) is 0.175. The lowest BCUT2D eigenvalue weighted by Crippen LogP contribution is -2.45. The van der Waals surface area contributed by atoms with Gasteiger partial charge < -0.3 is 20.1 Å². The SMILES string of the molecule is Cc1ccc(NC(=O)C(C)NC(=O)C(CC(=O)CCOCCOCCCC(=O)CCN2C(=O)C=CC2=O)C(C)C)cc1. The van der Waals surface area contributed by atoms with E-state index in [9.17, 15) is 28.8 Å². The number of imide groups is 1. The van der Waals surface area contributed by atoms with E-state index in [0.29, 0.717) is 31.7 Å². The molecular weight excluding hydrogens is 542 g/mol. The standard InChI is InChI=1S/C31H43N3O8/c1-21(2)27(31(40)32-23(4)30(39)33-24-9-7-22(3)8-10-24)20-26(36)14-17-42-19-18-41-16-5-6-25(35)13-15-34-28(37)11-12-29(34)38/h7-12,21,23,27H,5-6,13-20H2,1-4H3,(H,32,40)(H,33,39). The Morgan fingerprint density at radius 2 is 1.40 bits per heavy atom. The Kier molecular flexibility index (Phi) is 14.8. The van der Waals surface area contributed by atoms with Crippen molar-refractivity contribution in [3.63, 3.8) is 0 Å². The van der Waals surface area contributed by atoms with Gasteiger partial charge in [-0.25, -0.2) is 0 Å². The van der Waals surface area contributed by atoms with Gasteiger partial charge in [0.15, 0.2) is 0 Å². The maximum atomic E-state index is 12.9. The normalized spacial score (nSPS) is 14.3. The number of hydrogen-bond acceptors (Lipinski definition) is 8. The number of aryl methyl sites for hydroxylation is 1. The fourth-order valence-electron chi connectivity index (χ4n) is 4.14. The topological polar surface area (TPSA) is 148 Å². The molecule has 4 amide bonds. The van der Waals surface area contributed by atoms with Gasteiger partial charge in [0.05, 0.1) is 19.8 Å². The zero-order chi connectivity index (χ0) is 31.1. The van der Waals surface area contributed by atoms with Gasteiger partial charge in [0.25, 0.3) is 11.8 Å². The van der Waals surface area contributed by atoms with Crippen molar-refractivity contribution in [2.24, 2.45) is 11.8 Å². The highest BCUT2D eigenvalue weighted by molar-refractivity contribution is 6.13. The highest BCUT2D eigenvalue weighted by atomic mass is 16.5. The molecule has 0 radical (unpaired) electrons. The first-order chi connectivity index (χ1) is 20.0. The van der Waals surface area contributed by atoms with Crippen molar-refractivity contribution < 1.29 is 38.2 Å². The van der Waals surface area contributed by atoms with Crippen molar-refractivity contribution in [3.8, 4) is 0 Å². The third kappa shape index (κ3) is 12.4. The summed E-state index contributed by atoms with van der Waals surface area (Å²) in [5, 5.41) is 5.50. The number of amides is 4. The molecule has 0 aromatic heterocycles. The fourth-order valence-corrected chi connectivity index (χ4v) is 4.14. The predicted molar refractivity (Wildman–Crippen MR) is 156 cm³/mol. The zero-order valence-electron chi connectivity index (χ0n) is 25.0. The predicted octanol–water partition coefficient (Wildman–Crippen LogP) is 2.76. The van der Waals surface area contributed by atoms with Crippen molar-refractivity contribution >= 4 is 40.9 Å². The average Bonchev–Trinajstić information content (AvgIpc) is 3.26. The van der Waals surface area contributed by atoms with E-state index in [-0.39, 0.29) is 68.3 Å². The number of nitrogens with one attached hydrogen (secondary N) is 2. The fraction of sp³-hybridized carbons (Fsp3) is 0.548. The van der Waals surface area contributed by atoms with Crippen LogP contribution in [0.4, 0.5) is 5.69 Å². The van der Waals surface area contributed by atoms with Crippen LogP contribution in [0, 0.1) is 18.8 Å². The number of benzene rings is 1. The van der Waals surface area contributed by atoms with E-state index in [1.165, 1.54) is 12.2 Å². The van der Waals surface area contributed by atoms with Crippen molar-refractivity contribution in [2.45, 2.75) is 65.8 Å². The molecule has 0 spiro atoms. The van der Waals surface area contributed by atoms with E-state index < -0.39 is 23.8 Å². The minimum atomic E-state index is -0.763. The zero-order valence-corrected chi connectivity index (χ0v) is 25.0. The van der Waals surface area contributed by atoms with Crippen LogP contribution in [0.1, 0.15) is 58.4 Å². The number of hydrogen-bond donors (Lipinski definition) is 2. The summed E-state index contributed by atoms with van der Waals surface area (Å²) in [6.07, 6.45) is 3.53. The van der Waals surface area contributed by atoms with Gasteiger partial charge in [0.1, 0.15) is 17.6 Å². The van der Waals surface area contributed by atoms with Gasteiger partial charge in [0, 0.05) is 62.6 Å². The number of ether oxygens (including phenoxy) is 2. The Bertz CT molecular complexity index is 1110. The maximum absolute atomic E-state index is 12.9. The van der Waals surface area contributed by atoms with E-state index in [1.54, 1.807) is 19.1 Å². The number of Topliss-reactive ketones (excluding diaryl/α,β-unsaturated/α-hetero) is 2. The number of carbonyl (C=O) groups excluding carboxylic acids is 6. The molecule has 42 heavy (non-hydrogen) atoms. The molecule has 1 aromatic carbocycles. The van der Waals surface area contributed by atoms with E-state index in [1.807, 2.05) is 32.9 Å². The van der Waals surface area contributed by atoms with E-state index >= 15 is 0 Å². The van der Waals surface area contributed by atoms with Crippen molar-refractivity contribution in [1.29, 1.82) is 0 Å². The summed E-state index contributed by atoms with van der Waals surface area (Å²) in [5.74, 6) is -2.28. The molecule has 2 rings (SSSR count). The van der Waals surface area contributed by atoms with Crippen LogP contribution < -0.4 is 10.6 Å². The van der Waals surface area contributed by atoms with Gasteiger partial charge in [-0.05, 0) is 38.3 Å². The Labute approximate surface area is 247 Å². The number of rotatable bonds is 20. The Morgan fingerprint density at radius 1 is 0.786 bits per heavy atom. The van der Waals surface area contributed by atoms with Gasteiger partial charge in [0.2, 0.25) is 11.8 Å². The second-order valence-corrected chi connectivity index (χ2v) is 10.7. The summed E-state index contributed by atoms with van der Waals surface area (Å²) in [6, 6.07) is 6.59. The van der Waals surface area contributed by atoms with Crippen LogP contribution in [0.5, 0.6) is 0 Å². The van der Waals surface area contributed by atoms with Crippen LogP contribution in [-0.2, 0) is 38.2 Å². The van der Waals surface area contributed by atoms with Gasteiger partial charge in [-0.2, -0.15) is 0 Å². The highest BCUT2D eigenvalue weighted by Crippen LogP contribution is 2.18. The van der Waals surface area contributed by atoms with Gasteiger partial charge in [-0.15, -0.1) is 0 Å². The van der Waals surface area contributed by atoms with Gasteiger partial charge >= 0.3 is 0 Å². The number of nitrogens with zero attached hydrogens (tertiary/aromatic N) is 1. The Morgan fingerprint density at radius 3 is 2.02 bits per heavy atom. The molecule has 11 nitrogen and oxygen atoms in total. The molecule has 0 bridgehead atoms. The van der Waals surface area contributed by atoms with Crippen LogP contribution in [0.3, 0.4) is 0 Å². The monoisotopic (exact) mass is 585 g/mol. The first kappa shape index (κ1) is 34.5. The van der Waals surface area contributed by atoms with Crippen LogP contribution in [-0.4, -0.2) is 79.1 Å². The molecule has 2 unspecified atom stereocenters. The van der Waals surface area contributed by atoms with E-state index in [2.05, 4.69) is 10.6 Å². The molecule has 230 valence electrons. The van der Waals surface area contributed by atoms with Crippen LogP contribution >= 0.6 is 0 Å². The molecule has 0 saturated carbocycles. The van der Waals surface area contributed by atoms with E-state index in [0.717, 1.165) is 10.5 Å². The molecule has 1 heterocycles. The van der Waals surface area contributed by atoms with Crippen LogP contribution in [0.15, 0.2) is 36.4 Å². The summed E-state index contributed by atoms with van der Waals surface area (Å²) < 4.78 is 10.9. The lowest BCUT2D eigenvalue weighted by Gasteiger charge is -2.22. The molecule has 2 atom stereocenters. The van der Waals surface area contributed by atoms with Gasteiger partial charge in [-0.1, -0.05) is 31.5 Å². The molecule has 1 aliphatic rings. The van der Waals surface area contributed by atoms with Crippen molar-refractivity contribution in [3.05, 3.63) is 42.0 Å². The highest BCUT2D eigenvalue weighted by Gasteiger charge is 2.27. The molecule has 0 saturated heterocycles.